The molecule has 5 heteroatoms. The van der Waals surface area contributed by atoms with Crippen molar-refractivity contribution in [1.82, 2.24) is 5.32 Å². The molecule has 0 rings (SSSR count). The van der Waals surface area contributed by atoms with Gasteiger partial charge in [0, 0.05) is 6.54 Å². The fourth-order valence-corrected chi connectivity index (χ4v) is 0.692. The van der Waals surface area contributed by atoms with Crippen LogP contribution in [0.4, 0.5) is 0 Å². The highest BCUT2D eigenvalue weighted by Crippen LogP contribution is 1.85. The molecule has 2 unspecified atom stereocenters. The van der Waals surface area contributed by atoms with E-state index in [2.05, 4.69) is 5.32 Å². The van der Waals surface area contributed by atoms with E-state index in [0.29, 0.717) is 19.5 Å². The van der Waals surface area contributed by atoms with Gasteiger partial charge in [0.2, 0.25) is 0 Å². The van der Waals surface area contributed by atoms with Crippen LogP contribution in [0.25, 0.3) is 0 Å². The zero-order valence-electron chi connectivity index (χ0n) is 7.16. The van der Waals surface area contributed by atoms with Crippen LogP contribution in [0.5, 0.6) is 0 Å². The van der Waals surface area contributed by atoms with E-state index in [1.807, 2.05) is 0 Å². The lowest BCUT2D eigenvalue weighted by atomic mass is 10.2. The van der Waals surface area contributed by atoms with Gasteiger partial charge in [0.1, 0.15) is 6.04 Å². The summed E-state index contributed by atoms with van der Waals surface area (Å²) in [5, 5.41) is 20.1. The number of aliphatic hydroxyl groups excluding tert-OH is 1. The first-order valence-electron chi connectivity index (χ1n) is 3.91. The third-order valence-corrected chi connectivity index (χ3v) is 1.39. The monoisotopic (exact) mass is 176 g/mol. The van der Waals surface area contributed by atoms with Crippen molar-refractivity contribution in [3.8, 4) is 0 Å². The smallest absolute Gasteiger partial charge is 0.320 e. The van der Waals surface area contributed by atoms with Gasteiger partial charge in [0.25, 0.3) is 0 Å². The quantitative estimate of drug-likeness (QED) is 0.380. The van der Waals surface area contributed by atoms with Gasteiger partial charge >= 0.3 is 5.97 Å². The molecule has 0 saturated carbocycles. The molecular weight excluding hydrogens is 160 g/mol. The molecule has 5 nitrogen and oxygen atoms in total. The Labute approximate surface area is 71.6 Å². The summed E-state index contributed by atoms with van der Waals surface area (Å²) in [7, 11) is 0. The number of carbonyl (C=O) groups is 1. The highest BCUT2D eigenvalue weighted by molar-refractivity contribution is 5.72. The normalized spacial score (nSPS) is 15.6. The molecular formula is C7H16N2O3. The molecule has 0 bridgehead atoms. The maximum absolute atomic E-state index is 10.2. The Hall–Kier alpha value is -0.650. The minimum Gasteiger partial charge on any atom is -0.480 e. The second kappa shape index (κ2) is 5.93. The molecule has 0 aliphatic carbocycles. The SMILES string of the molecule is CC(O)CNCCC(N)C(=O)O. The van der Waals surface area contributed by atoms with Crippen LogP contribution >= 0.6 is 0 Å². The first-order chi connectivity index (χ1) is 5.54. The van der Waals surface area contributed by atoms with Crippen LogP contribution in [0.15, 0.2) is 0 Å². The maximum Gasteiger partial charge on any atom is 0.320 e. The zero-order valence-corrected chi connectivity index (χ0v) is 7.16. The second-order valence-electron chi connectivity index (χ2n) is 2.79. The summed E-state index contributed by atoms with van der Waals surface area (Å²) in [5.41, 5.74) is 5.23. The molecule has 0 saturated heterocycles. The first kappa shape index (κ1) is 11.4. The number of aliphatic hydroxyl groups is 1. The van der Waals surface area contributed by atoms with Crippen molar-refractivity contribution in [2.24, 2.45) is 5.73 Å². The molecule has 5 N–H and O–H groups in total. The minimum atomic E-state index is -0.992. The predicted molar refractivity (Wildman–Crippen MR) is 44.8 cm³/mol. The van der Waals surface area contributed by atoms with Crippen molar-refractivity contribution >= 4 is 5.97 Å². The molecule has 0 aliphatic heterocycles. The third kappa shape index (κ3) is 6.09. The Bertz CT molecular complexity index is 139. The topological polar surface area (TPSA) is 95.6 Å². The van der Waals surface area contributed by atoms with Crippen LogP contribution in [0.2, 0.25) is 0 Å². The minimum absolute atomic E-state index is 0.377. The summed E-state index contributed by atoms with van der Waals surface area (Å²) in [5.74, 6) is -0.992. The summed E-state index contributed by atoms with van der Waals surface area (Å²) in [6, 6.07) is -0.813. The van der Waals surface area contributed by atoms with Gasteiger partial charge in [-0.3, -0.25) is 4.79 Å². The van der Waals surface area contributed by atoms with E-state index in [1.54, 1.807) is 6.92 Å². The first-order valence-corrected chi connectivity index (χ1v) is 3.91. The van der Waals surface area contributed by atoms with Gasteiger partial charge < -0.3 is 21.3 Å². The lowest BCUT2D eigenvalue weighted by Crippen LogP contribution is -2.35. The molecule has 72 valence electrons. The van der Waals surface area contributed by atoms with Gasteiger partial charge in [-0.15, -0.1) is 0 Å². The number of hydrogen-bond donors (Lipinski definition) is 4. The Morgan fingerprint density at radius 3 is 2.67 bits per heavy atom. The molecule has 0 aromatic carbocycles. The van der Waals surface area contributed by atoms with Crippen LogP contribution in [0.3, 0.4) is 0 Å². The molecule has 0 aromatic rings. The molecule has 2 atom stereocenters. The molecule has 0 aromatic heterocycles. The number of rotatable bonds is 6. The van der Waals surface area contributed by atoms with Gasteiger partial charge in [-0.1, -0.05) is 0 Å². The van der Waals surface area contributed by atoms with Gasteiger partial charge in [-0.25, -0.2) is 0 Å². The Balaban J connectivity index is 3.25. The number of nitrogens with one attached hydrogen (secondary N) is 1. The van der Waals surface area contributed by atoms with Crippen LogP contribution < -0.4 is 11.1 Å². The van der Waals surface area contributed by atoms with Crippen LogP contribution in [-0.4, -0.2) is 41.4 Å². The van der Waals surface area contributed by atoms with E-state index >= 15 is 0 Å². The van der Waals surface area contributed by atoms with Gasteiger partial charge in [0.15, 0.2) is 0 Å². The van der Waals surface area contributed by atoms with E-state index in [1.165, 1.54) is 0 Å². The maximum atomic E-state index is 10.2. The lowest BCUT2D eigenvalue weighted by Gasteiger charge is -2.08. The standard InChI is InChI=1S/C7H16N2O3/c1-5(10)4-9-3-2-6(8)7(11)12/h5-6,9-10H,2-4,8H2,1H3,(H,11,12). The lowest BCUT2D eigenvalue weighted by molar-refractivity contribution is -0.138. The Morgan fingerprint density at radius 2 is 2.25 bits per heavy atom. The molecule has 0 aliphatic rings. The summed E-state index contributed by atoms with van der Waals surface area (Å²) in [6.07, 6.45) is -0.0340. The molecule has 0 radical (unpaired) electrons. The fraction of sp³-hybridized carbons (Fsp3) is 0.857. The molecule has 0 heterocycles. The molecule has 0 amide bonds. The fourth-order valence-electron chi connectivity index (χ4n) is 0.692. The van der Waals surface area contributed by atoms with Gasteiger partial charge in [-0.05, 0) is 19.9 Å². The number of hydrogen-bond acceptors (Lipinski definition) is 4. The summed E-state index contributed by atoms with van der Waals surface area (Å²) in [4.78, 5) is 10.2. The van der Waals surface area contributed by atoms with Gasteiger partial charge in [-0.2, -0.15) is 0 Å². The van der Waals surface area contributed by atoms with E-state index in [4.69, 9.17) is 15.9 Å². The molecule has 0 spiro atoms. The third-order valence-electron chi connectivity index (χ3n) is 1.39. The summed E-state index contributed by atoms with van der Waals surface area (Å²) >= 11 is 0. The average molecular weight is 176 g/mol. The van der Waals surface area contributed by atoms with Crippen molar-refractivity contribution in [3.63, 3.8) is 0 Å². The zero-order chi connectivity index (χ0) is 9.56. The van der Waals surface area contributed by atoms with Crippen molar-refractivity contribution < 1.29 is 15.0 Å². The molecule has 12 heavy (non-hydrogen) atoms. The summed E-state index contributed by atoms with van der Waals surface area (Å²) < 4.78 is 0. The highest BCUT2D eigenvalue weighted by Gasteiger charge is 2.09. The Morgan fingerprint density at radius 1 is 1.67 bits per heavy atom. The van der Waals surface area contributed by atoms with Crippen molar-refractivity contribution in [1.29, 1.82) is 0 Å². The van der Waals surface area contributed by atoms with Crippen molar-refractivity contribution in [2.45, 2.75) is 25.5 Å². The van der Waals surface area contributed by atoms with Crippen LogP contribution in [-0.2, 0) is 4.79 Å². The largest absolute Gasteiger partial charge is 0.480 e. The summed E-state index contributed by atoms with van der Waals surface area (Å²) in [6.45, 7) is 2.63. The van der Waals surface area contributed by atoms with Crippen LogP contribution in [0, 0.1) is 0 Å². The predicted octanol–water partition coefficient (Wildman–Crippen LogP) is -1.24. The van der Waals surface area contributed by atoms with Crippen molar-refractivity contribution in [2.75, 3.05) is 13.1 Å². The van der Waals surface area contributed by atoms with Gasteiger partial charge in [0.05, 0.1) is 6.10 Å². The highest BCUT2D eigenvalue weighted by atomic mass is 16.4. The number of carboxylic acid groups (broad SMARTS) is 1. The average Bonchev–Trinajstić information content (AvgIpc) is 1.97. The van der Waals surface area contributed by atoms with E-state index in [9.17, 15) is 4.79 Å². The Kier molecular flexibility index (Phi) is 5.61. The second-order valence-corrected chi connectivity index (χ2v) is 2.79. The van der Waals surface area contributed by atoms with Crippen LogP contribution in [0.1, 0.15) is 13.3 Å². The molecule has 0 fully saturated rings. The van der Waals surface area contributed by atoms with Crippen molar-refractivity contribution in [3.05, 3.63) is 0 Å². The number of nitrogens with two attached hydrogens (primary N) is 1. The number of aliphatic carboxylic acids is 1. The van der Waals surface area contributed by atoms with E-state index in [-0.39, 0.29) is 0 Å². The number of carboxylic acids is 1. The van der Waals surface area contributed by atoms with E-state index in [0.717, 1.165) is 0 Å². The van der Waals surface area contributed by atoms with E-state index < -0.39 is 18.1 Å².